The Labute approximate surface area is 177 Å². The number of benzene rings is 1. The van der Waals surface area contributed by atoms with Gasteiger partial charge in [-0.05, 0) is 57.0 Å². The molecule has 30 heavy (non-hydrogen) atoms. The maximum Gasteiger partial charge on any atom is 0.234 e. The van der Waals surface area contributed by atoms with E-state index in [-0.39, 0.29) is 17.9 Å². The van der Waals surface area contributed by atoms with E-state index in [0.29, 0.717) is 18.1 Å². The van der Waals surface area contributed by atoms with E-state index in [2.05, 4.69) is 15.2 Å². The fourth-order valence-corrected chi connectivity index (χ4v) is 4.05. The van der Waals surface area contributed by atoms with Gasteiger partial charge < -0.3 is 24.5 Å². The number of imidazole rings is 1. The van der Waals surface area contributed by atoms with Gasteiger partial charge in [-0.25, -0.2) is 4.98 Å². The number of hydrogen-bond acceptors (Lipinski definition) is 6. The third-order valence-corrected chi connectivity index (χ3v) is 5.85. The van der Waals surface area contributed by atoms with E-state index >= 15 is 0 Å². The molecule has 8 nitrogen and oxygen atoms in total. The summed E-state index contributed by atoms with van der Waals surface area (Å²) in [5.41, 5.74) is 0.877. The number of nitrogens with zero attached hydrogens (tertiary/aromatic N) is 3. The lowest BCUT2D eigenvalue weighted by Gasteiger charge is -2.33. The Morgan fingerprint density at radius 3 is 2.63 bits per heavy atom. The number of likely N-dealkylation sites (tertiary alicyclic amines) is 1. The van der Waals surface area contributed by atoms with Crippen molar-refractivity contribution in [2.45, 2.75) is 31.9 Å². The van der Waals surface area contributed by atoms with Crippen LogP contribution in [-0.4, -0.2) is 59.3 Å². The van der Waals surface area contributed by atoms with E-state index < -0.39 is 6.10 Å². The highest BCUT2D eigenvalue weighted by molar-refractivity contribution is 5.78. The fraction of sp³-hybridized carbons (Fsp3) is 0.545. The van der Waals surface area contributed by atoms with Crippen molar-refractivity contribution in [2.75, 3.05) is 33.9 Å². The van der Waals surface area contributed by atoms with Crippen LogP contribution in [0.1, 0.15) is 43.3 Å². The van der Waals surface area contributed by atoms with Gasteiger partial charge in [0.1, 0.15) is 23.4 Å². The minimum absolute atomic E-state index is 0.0320. The van der Waals surface area contributed by atoms with Crippen LogP contribution in [0.2, 0.25) is 0 Å². The summed E-state index contributed by atoms with van der Waals surface area (Å²) in [6.45, 7) is 3.82. The number of carbonyl (C=O) groups is 1. The molecule has 3 rings (SSSR count). The quantitative estimate of drug-likeness (QED) is 0.685. The van der Waals surface area contributed by atoms with Crippen LogP contribution in [0.15, 0.2) is 30.6 Å². The lowest BCUT2D eigenvalue weighted by atomic mass is 9.90. The molecule has 2 N–H and O–H groups in total. The van der Waals surface area contributed by atoms with E-state index in [9.17, 15) is 9.90 Å². The molecular formula is C22H32N4O4. The monoisotopic (exact) mass is 416 g/mol. The lowest BCUT2D eigenvalue weighted by molar-refractivity contribution is -0.123. The standard InChI is InChI=1S/C22H32N4O4/c1-15(18-13-17(29-3)5-6-19(18)30-4)24-20(27)14-26-10-7-16(8-11-26)21(28)22-23-9-12-25(22)2/h5-6,9,12-13,15-16,21,28H,7-8,10-11,14H2,1-4H3,(H,24,27). The molecule has 0 saturated carbocycles. The predicted molar refractivity (Wildman–Crippen MR) is 113 cm³/mol. The number of aryl methyl sites for hydroxylation is 1. The number of rotatable bonds is 8. The summed E-state index contributed by atoms with van der Waals surface area (Å²) in [7, 11) is 5.12. The Morgan fingerprint density at radius 2 is 2.03 bits per heavy atom. The Morgan fingerprint density at radius 1 is 1.30 bits per heavy atom. The third kappa shape index (κ3) is 5.12. The van der Waals surface area contributed by atoms with Crippen LogP contribution in [0.25, 0.3) is 0 Å². The summed E-state index contributed by atoms with van der Waals surface area (Å²) in [5.74, 6) is 2.26. The van der Waals surface area contributed by atoms with Crippen LogP contribution in [-0.2, 0) is 11.8 Å². The maximum absolute atomic E-state index is 12.6. The lowest BCUT2D eigenvalue weighted by Crippen LogP contribution is -2.43. The van der Waals surface area contributed by atoms with Gasteiger partial charge >= 0.3 is 0 Å². The van der Waals surface area contributed by atoms with Gasteiger partial charge in [-0.1, -0.05) is 0 Å². The smallest absolute Gasteiger partial charge is 0.234 e. The van der Waals surface area contributed by atoms with Crippen molar-refractivity contribution in [3.8, 4) is 11.5 Å². The number of hydrogen-bond donors (Lipinski definition) is 2. The molecule has 1 aliphatic heterocycles. The van der Waals surface area contributed by atoms with Crippen LogP contribution in [0.3, 0.4) is 0 Å². The number of amides is 1. The fourth-order valence-electron chi connectivity index (χ4n) is 4.05. The van der Waals surface area contributed by atoms with Gasteiger partial charge in [0, 0.05) is 25.0 Å². The Bertz CT molecular complexity index is 845. The molecule has 0 aliphatic carbocycles. The molecule has 1 saturated heterocycles. The van der Waals surface area contributed by atoms with Crippen LogP contribution < -0.4 is 14.8 Å². The van der Waals surface area contributed by atoms with Gasteiger partial charge in [0.15, 0.2) is 0 Å². The molecule has 1 aromatic heterocycles. The second kappa shape index (κ2) is 9.95. The van der Waals surface area contributed by atoms with Crippen molar-refractivity contribution in [3.63, 3.8) is 0 Å². The predicted octanol–water partition coefficient (Wildman–Crippen LogP) is 2.06. The zero-order valence-electron chi connectivity index (χ0n) is 18.2. The van der Waals surface area contributed by atoms with Crippen LogP contribution in [0.5, 0.6) is 11.5 Å². The van der Waals surface area contributed by atoms with E-state index in [1.807, 2.05) is 42.9 Å². The molecule has 164 valence electrons. The molecule has 8 heteroatoms. The molecule has 0 radical (unpaired) electrons. The van der Waals surface area contributed by atoms with E-state index in [1.165, 1.54) is 0 Å². The second-order valence-electron chi connectivity index (χ2n) is 7.85. The van der Waals surface area contributed by atoms with Crippen molar-refractivity contribution in [2.24, 2.45) is 13.0 Å². The van der Waals surface area contributed by atoms with Crippen LogP contribution >= 0.6 is 0 Å². The van der Waals surface area contributed by atoms with Gasteiger partial charge in [0.05, 0.1) is 26.8 Å². The summed E-state index contributed by atoms with van der Waals surface area (Å²) in [6.07, 6.45) is 4.65. The first-order chi connectivity index (χ1) is 14.4. The van der Waals surface area contributed by atoms with Crippen molar-refractivity contribution < 1.29 is 19.4 Å². The first kappa shape index (κ1) is 22.1. The average molecular weight is 417 g/mol. The summed E-state index contributed by atoms with van der Waals surface area (Å²) >= 11 is 0. The second-order valence-corrected chi connectivity index (χ2v) is 7.85. The van der Waals surface area contributed by atoms with Crippen molar-refractivity contribution >= 4 is 5.91 Å². The molecule has 0 spiro atoms. The number of carbonyl (C=O) groups excluding carboxylic acids is 1. The van der Waals surface area contributed by atoms with Gasteiger partial charge in [-0.3, -0.25) is 9.69 Å². The van der Waals surface area contributed by atoms with Gasteiger partial charge in [-0.15, -0.1) is 0 Å². The number of aliphatic hydroxyl groups is 1. The first-order valence-corrected chi connectivity index (χ1v) is 10.3. The third-order valence-electron chi connectivity index (χ3n) is 5.85. The number of piperidine rings is 1. The largest absolute Gasteiger partial charge is 0.497 e. The zero-order valence-corrected chi connectivity index (χ0v) is 18.2. The number of ether oxygens (including phenoxy) is 2. The molecular weight excluding hydrogens is 384 g/mol. The number of nitrogens with one attached hydrogen (secondary N) is 1. The zero-order chi connectivity index (χ0) is 21.7. The van der Waals surface area contributed by atoms with E-state index in [1.54, 1.807) is 20.4 Å². The first-order valence-electron chi connectivity index (χ1n) is 10.3. The van der Waals surface area contributed by atoms with Crippen molar-refractivity contribution in [3.05, 3.63) is 42.0 Å². The van der Waals surface area contributed by atoms with E-state index in [0.717, 1.165) is 37.2 Å². The molecule has 0 bridgehead atoms. The Kier molecular flexibility index (Phi) is 7.33. The maximum atomic E-state index is 12.6. The highest BCUT2D eigenvalue weighted by atomic mass is 16.5. The number of aromatic nitrogens is 2. The van der Waals surface area contributed by atoms with Crippen LogP contribution in [0.4, 0.5) is 0 Å². The highest BCUT2D eigenvalue weighted by Crippen LogP contribution is 2.30. The minimum atomic E-state index is -0.568. The van der Waals surface area contributed by atoms with Gasteiger partial charge in [0.2, 0.25) is 5.91 Å². The highest BCUT2D eigenvalue weighted by Gasteiger charge is 2.29. The Balaban J connectivity index is 1.51. The van der Waals surface area contributed by atoms with Crippen molar-refractivity contribution in [1.82, 2.24) is 19.8 Å². The molecule has 2 atom stereocenters. The SMILES string of the molecule is COc1ccc(OC)c(C(C)NC(=O)CN2CCC(C(O)c3nccn3C)CC2)c1. The van der Waals surface area contributed by atoms with Gasteiger partial charge in [-0.2, -0.15) is 0 Å². The number of aliphatic hydroxyl groups excluding tert-OH is 1. The molecule has 1 fully saturated rings. The molecule has 2 unspecified atom stereocenters. The summed E-state index contributed by atoms with van der Waals surface area (Å²) < 4.78 is 12.6. The molecule has 1 amide bonds. The Hall–Kier alpha value is -2.58. The topological polar surface area (TPSA) is 88.8 Å². The molecule has 1 aliphatic rings. The molecule has 1 aromatic carbocycles. The minimum Gasteiger partial charge on any atom is -0.497 e. The van der Waals surface area contributed by atoms with E-state index in [4.69, 9.17) is 9.47 Å². The summed E-state index contributed by atoms with van der Waals surface area (Å²) in [6, 6.07) is 5.36. The summed E-state index contributed by atoms with van der Waals surface area (Å²) in [4.78, 5) is 19.0. The average Bonchev–Trinajstić information content (AvgIpc) is 3.18. The summed E-state index contributed by atoms with van der Waals surface area (Å²) in [5, 5.41) is 13.7. The van der Waals surface area contributed by atoms with Gasteiger partial charge in [0.25, 0.3) is 0 Å². The van der Waals surface area contributed by atoms with Crippen molar-refractivity contribution in [1.29, 1.82) is 0 Å². The van der Waals surface area contributed by atoms with Crippen LogP contribution in [0, 0.1) is 5.92 Å². The normalized spacial score (nSPS) is 17.4. The number of methoxy groups -OCH3 is 2. The molecule has 2 heterocycles. The molecule has 2 aromatic rings.